The van der Waals surface area contributed by atoms with Crippen LogP contribution in [0.2, 0.25) is 15.1 Å². The number of carbonyl (C=O) groups excluding carboxylic acids is 2. The standard InChI is InChI=1S/C20H14Cl3NO4S2/c1-2-27-17(25)10-28-18-14(22)6-11(7-15(18)23)8-16-19(26)24(20(29)30-16)13-5-3-4-12(21)9-13/h3-9H,2,10H2,1H3/b16-8+. The Kier molecular flexibility index (Phi) is 7.65. The molecule has 1 amide bonds. The lowest BCUT2D eigenvalue weighted by Crippen LogP contribution is -2.27. The summed E-state index contributed by atoms with van der Waals surface area (Å²) in [6.45, 7) is 1.63. The van der Waals surface area contributed by atoms with Gasteiger partial charge >= 0.3 is 5.97 Å². The molecule has 0 unspecified atom stereocenters. The van der Waals surface area contributed by atoms with Gasteiger partial charge in [-0.05, 0) is 48.9 Å². The van der Waals surface area contributed by atoms with Crippen LogP contribution in [0, 0.1) is 0 Å². The Morgan fingerprint density at radius 3 is 2.53 bits per heavy atom. The van der Waals surface area contributed by atoms with Crippen LogP contribution in [0.25, 0.3) is 6.08 Å². The molecule has 0 aromatic heterocycles. The monoisotopic (exact) mass is 501 g/mol. The number of amides is 1. The molecular weight excluding hydrogens is 489 g/mol. The van der Waals surface area contributed by atoms with E-state index >= 15 is 0 Å². The Bertz CT molecular complexity index is 1040. The van der Waals surface area contributed by atoms with E-state index in [0.29, 0.717) is 25.5 Å². The zero-order valence-corrected chi connectivity index (χ0v) is 19.4. The largest absolute Gasteiger partial charge is 0.479 e. The Morgan fingerprint density at radius 1 is 1.20 bits per heavy atom. The van der Waals surface area contributed by atoms with Crippen LogP contribution in [0.4, 0.5) is 5.69 Å². The summed E-state index contributed by atoms with van der Waals surface area (Å²) < 4.78 is 10.6. The van der Waals surface area contributed by atoms with E-state index in [-0.39, 0.29) is 34.9 Å². The summed E-state index contributed by atoms with van der Waals surface area (Å²) in [5.41, 5.74) is 1.17. The number of halogens is 3. The predicted molar refractivity (Wildman–Crippen MR) is 126 cm³/mol. The van der Waals surface area contributed by atoms with Gasteiger partial charge < -0.3 is 9.47 Å². The second kappa shape index (κ2) is 10.0. The third kappa shape index (κ3) is 5.28. The molecule has 0 bridgehead atoms. The molecule has 0 spiro atoms. The van der Waals surface area contributed by atoms with Crippen LogP contribution in [0.3, 0.4) is 0 Å². The number of esters is 1. The zero-order chi connectivity index (χ0) is 21.8. The normalized spacial score (nSPS) is 15.1. The highest BCUT2D eigenvalue weighted by Crippen LogP contribution is 2.39. The van der Waals surface area contributed by atoms with E-state index in [9.17, 15) is 9.59 Å². The van der Waals surface area contributed by atoms with Gasteiger partial charge in [0.1, 0.15) is 0 Å². The van der Waals surface area contributed by atoms with Crippen LogP contribution in [-0.2, 0) is 14.3 Å². The molecule has 5 nitrogen and oxygen atoms in total. The number of thioether (sulfide) groups is 1. The summed E-state index contributed by atoms with van der Waals surface area (Å²) in [6, 6.07) is 10.0. The molecule has 156 valence electrons. The first-order valence-corrected chi connectivity index (χ1v) is 11.0. The summed E-state index contributed by atoms with van der Waals surface area (Å²) in [6.07, 6.45) is 1.64. The number of rotatable bonds is 6. The first-order chi connectivity index (χ1) is 14.3. The van der Waals surface area contributed by atoms with Crippen LogP contribution in [0.15, 0.2) is 41.3 Å². The van der Waals surface area contributed by atoms with Crippen molar-refractivity contribution >= 4 is 86.7 Å². The van der Waals surface area contributed by atoms with Gasteiger partial charge in [0.15, 0.2) is 16.7 Å². The van der Waals surface area contributed by atoms with Crippen LogP contribution >= 0.6 is 58.8 Å². The lowest BCUT2D eigenvalue weighted by Gasteiger charge is -2.14. The first kappa shape index (κ1) is 22.9. The predicted octanol–water partition coefficient (Wildman–Crippen LogP) is 5.99. The Hall–Kier alpha value is -1.77. The second-order valence-electron chi connectivity index (χ2n) is 5.90. The number of anilines is 1. The van der Waals surface area contributed by atoms with Gasteiger partial charge in [-0.15, -0.1) is 0 Å². The van der Waals surface area contributed by atoms with Crippen molar-refractivity contribution in [1.29, 1.82) is 0 Å². The topological polar surface area (TPSA) is 55.8 Å². The van der Waals surface area contributed by atoms with Gasteiger partial charge in [-0.25, -0.2) is 4.79 Å². The quantitative estimate of drug-likeness (QED) is 0.274. The van der Waals surface area contributed by atoms with Crippen molar-refractivity contribution in [3.8, 4) is 5.75 Å². The molecule has 1 heterocycles. The van der Waals surface area contributed by atoms with E-state index < -0.39 is 5.97 Å². The van der Waals surface area contributed by atoms with E-state index in [1.165, 1.54) is 4.90 Å². The maximum absolute atomic E-state index is 12.9. The van der Waals surface area contributed by atoms with Gasteiger partial charge in [-0.3, -0.25) is 9.69 Å². The fraction of sp³-hybridized carbons (Fsp3) is 0.150. The fourth-order valence-electron chi connectivity index (χ4n) is 2.59. The van der Waals surface area contributed by atoms with E-state index in [4.69, 9.17) is 56.5 Å². The Labute approximate surface area is 197 Å². The maximum Gasteiger partial charge on any atom is 0.344 e. The average molecular weight is 503 g/mol. The summed E-state index contributed by atoms with van der Waals surface area (Å²) in [5, 5.41) is 0.897. The number of nitrogens with zero attached hydrogens (tertiary/aromatic N) is 1. The molecular formula is C20H14Cl3NO4S2. The summed E-state index contributed by atoms with van der Waals surface area (Å²) in [4.78, 5) is 26.2. The minimum atomic E-state index is -0.529. The molecule has 10 heteroatoms. The van der Waals surface area contributed by atoms with Gasteiger partial charge in [0.25, 0.3) is 5.91 Å². The van der Waals surface area contributed by atoms with Crippen molar-refractivity contribution in [1.82, 2.24) is 0 Å². The van der Waals surface area contributed by atoms with Gasteiger partial charge in [0.2, 0.25) is 0 Å². The molecule has 2 aromatic carbocycles. The summed E-state index contributed by atoms with van der Waals surface area (Å²) >= 11 is 25.1. The average Bonchev–Trinajstić information content (AvgIpc) is 2.94. The number of hydrogen-bond acceptors (Lipinski definition) is 6. The zero-order valence-electron chi connectivity index (χ0n) is 15.5. The smallest absolute Gasteiger partial charge is 0.344 e. The lowest BCUT2D eigenvalue weighted by molar-refractivity contribution is -0.145. The number of carbonyl (C=O) groups is 2. The lowest BCUT2D eigenvalue weighted by atomic mass is 10.2. The van der Waals surface area contributed by atoms with Crippen LogP contribution in [0.1, 0.15) is 12.5 Å². The van der Waals surface area contributed by atoms with Crippen LogP contribution in [-0.4, -0.2) is 29.4 Å². The van der Waals surface area contributed by atoms with Gasteiger partial charge in [0, 0.05) is 5.02 Å². The van der Waals surface area contributed by atoms with Crippen molar-refractivity contribution in [3.05, 3.63) is 61.9 Å². The van der Waals surface area contributed by atoms with Crippen molar-refractivity contribution < 1.29 is 19.1 Å². The SMILES string of the molecule is CCOC(=O)COc1c(Cl)cc(/C=C2/SC(=S)N(c3cccc(Cl)c3)C2=O)cc1Cl. The van der Waals surface area contributed by atoms with Crippen LogP contribution in [0.5, 0.6) is 5.75 Å². The fourth-order valence-corrected chi connectivity index (χ4v) is 4.69. The van der Waals surface area contributed by atoms with Crippen molar-refractivity contribution in [3.63, 3.8) is 0 Å². The molecule has 3 rings (SSSR count). The van der Waals surface area contributed by atoms with Crippen LogP contribution < -0.4 is 9.64 Å². The molecule has 1 aliphatic heterocycles. The van der Waals surface area contributed by atoms with Crippen molar-refractivity contribution in [2.75, 3.05) is 18.1 Å². The van der Waals surface area contributed by atoms with E-state index in [1.54, 1.807) is 49.4 Å². The molecule has 1 saturated heterocycles. The minimum absolute atomic E-state index is 0.162. The van der Waals surface area contributed by atoms with E-state index in [2.05, 4.69) is 0 Å². The molecule has 1 aliphatic rings. The van der Waals surface area contributed by atoms with E-state index in [1.807, 2.05) is 0 Å². The molecule has 0 aliphatic carbocycles. The highest BCUT2D eigenvalue weighted by Gasteiger charge is 2.33. The third-order valence-electron chi connectivity index (χ3n) is 3.82. The van der Waals surface area contributed by atoms with Crippen molar-refractivity contribution in [2.24, 2.45) is 0 Å². The molecule has 0 N–H and O–H groups in total. The highest BCUT2D eigenvalue weighted by atomic mass is 35.5. The van der Waals surface area contributed by atoms with Gasteiger partial charge in [-0.2, -0.15) is 0 Å². The van der Waals surface area contributed by atoms with Crippen molar-refractivity contribution in [2.45, 2.75) is 6.92 Å². The third-order valence-corrected chi connectivity index (χ3v) is 5.92. The first-order valence-electron chi connectivity index (χ1n) is 8.61. The molecule has 1 fully saturated rings. The molecule has 2 aromatic rings. The Morgan fingerprint density at radius 2 is 1.90 bits per heavy atom. The Balaban J connectivity index is 1.82. The number of thiocarbonyl (C=S) groups is 1. The summed E-state index contributed by atoms with van der Waals surface area (Å²) in [7, 11) is 0. The second-order valence-corrected chi connectivity index (χ2v) is 8.83. The number of benzene rings is 2. The molecule has 0 atom stereocenters. The molecule has 30 heavy (non-hydrogen) atoms. The minimum Gasteiger partial charge on any atom is -0.479 e. The number of hydrogen-bond donors (Lipinski definition) is 0. The summed E-state index contributed by atoms with van der Waals surface area (Å²) in [5.74, 6) is -0.643. The maximum atomic E-state index is 12.9. The van der Waals surface area contributed by atoms with Gasteiger partial charge in [-0.1, -0.05) is 64.8 Å². The highest BCUT2D eigenvalue weighted by molar-refractivity contribution is 8.27. The molecule has 0 radical (unpaired) electrons. The van der Waals surface area contributed by atoms with Gasteiger partial charge in [0.05, 0.1) is 27.2 Å². The molecule has 0 saturated carbocycles. The van der Waals surface area contributed by atoms with E-state index in [0.717, 1.165) is 11.8 Å². The number of ether oxygens (including phenoxy) is 2.